The van der Waals surface area contributed by atoms with Crippen molar-refractivity contribution in [1.82, 2.24) is 4.57 Å². The molecule has 0 radical (unpaired) electrons. The van der Waals surface area contributed by atoms with Crippen LogP contribution in [0.4, 0.5) is 4.39 Å². The average molecular weight is 338 g/mol. The van der Waals surface area contributed by atoms with E-state index in [9.17, 15) is 9.18 Å². The summed E-state index contributed by atoms with van der Waals surface area (Å²) in [6.45, 7) is 10.0. The van der Waals surface area contributed by atoms with Crippen molar-refractivity contribution in [3.05, 3.63) is 52.1 Å². The predicted octanol–water partition coefficient (Wildman–Crippen LogP) is 4.91. The Morgan fingerprint density at radius 2 is 1.91 bits per heavy atom. The standard InChI is InChI=1S/C18H21ClFNO2/c1-11-8-14(12(2)21(11)18(3,4)5)16(22)10-23-17-7-6-13(20)9-15(17)19/h6-9H,10H2,1-5H3. The van der Waals surface area contributed by atoms with Gasteiger partial charge in [-0.05, 0) is 58.9 Å². The first-order valence-electron chi connectivity index (χ1n) is 7.41. The van der Waals surface area contributed by atoms with Crippen LogP contribution in [0.1, 0.15) is 42.5 Å². The number of ketones is 1. The third-order valence-corrected chi connectivity index (χ3v) is 3.95. The number of carbonyl (C=O) groups is 1. The maximum atomic E-state index is 13.0. The third kappa shape index (κ3) is 3.75. The van der Waals surface area contributed by atoms with E-state index >= 15 is 0 Å². The zero-order valence-electron chi connectivity index (χ0n) is 14.0. The number of aryl methyl sites for hydroxylation is 1. The lowest BCUT2D eigenvalue weighted by atomic mass is 10.1. The molecule has 1 heterocycles. The first-order valence-corrected chi connectivity index (χ1v) is 7.79. The summed E-state index contributed by atoms with van der Waals surface area (Å²) in [5.41, 5.74) is 2.47. The Balaban J connectivity index is 2.19. The second-order valence-electron chi connectivity index (χ2n) is 6.58. The molecule has 0 aliphatic carbocycles. The monoisotopic (exact) mass is 337 g/mol. The predicted molar refractivity (Wildman–Crippen MR) is 90.1 cm³/mol. The molecule has 0 aliphatic heterocycles. The lowest BCUT2D eigenvalue weighted by Gasteiger charge is -2.25. The average Bonchev–Trinajstić information content (AvgIpc) is 2.72. The van der Waals surface area contributed by atoms with E-state index in [4.69, 9.17) is 16.3 Å². The van der Waals surface area contributed by atoms with Gasteiger partial charge in [-0.15, -0.1) is 0 Å². The van der Waals surface area contributed by atoms with Crippen LogP contribution < -0.4 is 4.74 Å². The van der Waals surface area contributed by atoms with Gasteiger partial charge in [0.2, 0.25) is 5.78 Å². The second kappa shape index (κ2) is 6.36. The van der Waals surface area contributed by atoms with E-state index in [0.717, 1.165) is 17.5 Å². The summed E-state index contributed by atoms with van der Waals surface area (Å²) >= 11 is 5.90. The minimum absolute atomic E-state index is 0.103. The van der Waals surface area contributed by atoms with Crippen LogP contribution in [0.3, 0.4) is 0 Å². The largest absolute Gasteiger partial charge is 0.484 e. The van der Waals surface area contributed by atoms with Gasteiger partial charge in [-0.2, -0.15) is 0 Å². The van der Waals surface area contributed by atoms with E-state index in [1.54, 1.807) is 0 Å². The fraction of sp³-hybridized carbons (Fsp3) is 0.389. The van der Waals surface area contributed by atoms with Crippen molar-refractivity contribution >= 4 is 17.4 Å². The van der Waals surface area contributed by atoms with Gasteiger partial charge in [0.1, 0.15) is 11.6 Å². The van der Waals surface area contributed by atoms with Crippen molar-refractivity contribution in [2.75, 3.05) is 6.61 Å². The maximum Gasteiger partial charge on any atom is 0.202 e. The molecule has 124 valence electrons. The molecule has 0 bridgehead atoms. The molecule has 0 N–H and O–H groups in total. The molecule has 0 fully saturated rings. The van der Waals surface area contributed by atoms with E-state index in [-0.39, 0.29) is 23.0 Å². The Hall–Kier alpha value is -1.81. The van der Waals surface area contributed by atoms with Crippen LogP contribution >= 0.6 is 11.6 Å². The van der Waals surface area contributed by atoms with Crippen LogP contribution in [0.2, 0.25) is 5.02 Å². The van der Waals surface area contributed by atoms with E-state index in [1.165, 1.54) is 12.1 Å². The zero-order chi connectivity index (χ0) is 17.4. The number of benzene rings is 1. The molecule has 0 saturated carbocycles. The number of aromatic nitrogens is 1. The molecule has 5 heteroatoms. The van der Waals surface area contributed by atoms with Gasteiger partial charge in [0.25, 0.3) is 0 Å². The van der Waals surface area contributed by atoms with E-state index in [0.29, 0.717) is 11.3 Å². The minimum atomic E-state index is -0.442. The van der Waals surface area contributed by atoms with Crippen molar-refractivity contribution < 1.29 is 13.9 Å². The molecule has 0 unspecified atom stereocenters. The Morgan fingerprint density at radius 3 is 2.43 bits per heavy atom. The number of rotatable bonds is 4. The molecule has 23 heavy (non-hydrogen) atoms. The van der Waals surface area contributed by atoms with Crippen molar-refractivity contribution in [3.8, 4) is 5.75 Å². The maximum absolute atomic E-state index is 13.0. The van der Waals surface area contributed by atoms with Gasteiger partial charge >= 0.3 is 0 Å². The highest BCUT2D eigenvalue weighted by Crippen LogP contribution is 2.27. The molecule has 0 amide bonds. The molecule has 2 aromatic rings. The third-order valence-electron chi connectivity index (χ3n) is 3.66. The summed E-state index contributed by atoms with van der Waals surface area (Å²) < 4.78 is 20.6. The lowest BCUT2D eigenvalue weighted by molar-refractivity contribution is 0.0920. The molecule has 3 nitrogen and oxygen atoms in total. The smallest absolute Gasteiger partial charge is 0.202 e. The number of hydrogen-bond acceptors (Lipinski definition) is 2. The number of hydrogen-bond donors (Lipinski definition) is 0. The van der Waals surface area contributed by atoms with Gasteiger partial charge in [0.15, 0.2) is 6.61 Å². The normalized spacial score (nSPS) is 11.6. The van der Waals surface area contributed by atoms with E-state index < -0.39 is 5.82 Å². The lowest BCUT2D eigenvalue weighted by Crippen LogP contribution is -2.24. The molecule has 0 atom stereocenters. The van der Waals surface area contributed by atoms with E-state index in [1.807, 2.05) is 19.9 Å². The van der Waals surface area contributed by atoms with Crippen LogP contribution in [-0.2, 0) is 5.54 Å². The van der Waals surface area contributed by atoms with Gasteiger partial charge < -0.3 is 9.30 Å². The number of nitrogens with zero attached hydrogens (tertiary/aromatic N) is 1. The first kappa shape index (κ1) is 17.5. The summed E-state index contributed by atoms with van der Waals surface area (Å²) in [6, 6.07) is 5.70. The molecule has 0 aliphatic rings. The fourth-order valence-electron chi connectivity index (χ4n) is 2.89. The molecule has 0 spiro atoms. The number of ether oxygens (including phenoxy) is 1. The molecule has 2 rings (SSSR count). The van der Waals surface area contributed by atoms with Crippen molar-refractivity contribution in [1.29, 1.82) is 0 Å². The SMILES string of the molecule is Cc1cc(C(=O)COc2ccc(F)cc2Cl)c(C)n1C(C)(C)C. The topological polar surface area (TPSA) is 31.2 Å². The highest BCUT2D eigenvalue weighted by atomic mass is 35.5. The van der Waals surface area contributed by atoms with Crippen molar-refractivity contribution in [2.45, 2.75) is 40.2 Å². The summed E-state index contributed by atoms with van der Waals surface area (Å²) in [7, 11) is 0. The summed E-state index contributed by atoms with van der Waals surface area (Å²) in [4.78, 5) is 12.5. The van der Waals surface area contributed by atoms with Gasteiger partial charge in [0, 0.05) is 22.5 Å². The summed E-state index contributed by atoms with van der Waals surface area (Å²) in [5, 5.41) is 0.151. The Morgan fingerprint density at radius 1 is 1.26 bits per heavy atom. The van der Waals surface area contributed by atoms with Crippen molar-refractivity contribution in [3.63, 3.8) is 0 Å². The quantitative estimate of drug-likeness (QED) is 0.742. The number of halogens is 2. The molecule has 0 saturated heterocycles. The molecule has 1 aromatic heterocycles. The van der Waals surface area contributed by atoms with Crippen LogP contribution in [0.5, 0.6) is 5.75 Å². The number of Topliss-reactive ketones (excluding diaryl/α,β-unsaturated/α-hetero) is 1. The molecule has 1 aromatic carbocycles. The Kier molecular flexibility index (Phi) is 4.85. The first-order chi connectivity index (χ1) is 10.6. The zero-order valence-corrected chi connectivity index (χ0v) is 14.8. The van der Waals surface area contributed by atoms with Gasteiger partial charge in [-0.1, -0.05) is 11.6 Å². The summed E-state index contributed by atoms with van der Waals surface area (Å²) in [6.07, 6.45) is 0. The van der Waals surface area contributed by atoms with E-state index in [2.05, 4.69) is 25.3 Å². The van der Waals surface area contributed by atoms with Gasteiger partial charge in [0.05, 0.1) is 5.02 Å². The molecular weight excluding hydrogens is 317 g/mol. The molecular formula is C18H21ClFNO2. The van der Waals surface area contributed by atoms with Gasteiger partial charge in [-0.3, -0.25) is 4.79 Å². The highest BCUT2D eigenvalue weighted by molar-refractivity contribution is 6.32. The van der Waals surface area contributed by atoms with Gasteiger partial charge in [-0.25, -0.2) is 4.39 Å². The van der Waals surface area contributed by atoms with Crippen molar-refractivity contribution in [2.24, 2.45) is 0 Å². The van der Waals surface area contributed by atoms with Crippen LogP contribution in [0, 0.1) is 19.7 Å². The second-order valence-corrected chi connectivity index (χ2v) is 6.98. The Labute approximate surface area is 141 Å². The fourth-order valence-corrected chi connectivity index (χ4v) is 3.11. The summed E-state index contributed by atoms with van der Waals surface area (Å²) in [5.74, 6) is -0.276. The Bertz CT molecular complexity index is 744. The van der Waals surface area contributed by atoms with Crippen LogP contribution in [0.25, 0.3) is 0 Å². The highest BCUT2D eigenvalue weighted by Gasteiger charge is 2.23. The van der Waals surface area contributed by atoms with Crippen LogP contribution in [0.15, 0.2) is 24.3 Å². The minimum Gasteiger partial charge on any atom is -0.484 e. The van der Waals surface area contributed by atoms with Crippen LogP contribution in [-0.4, -0.2) is 17.0 Å². The number of carbonyl (C=O) groups excluding carboxylic acids is 1.